The number of rotatable bonds is 2. The van der Waals surface area contributed by atoms with Crippen molar-refractivity contribution in [2.24, 2.45) is 0 Å². The van der Waals surface area contributed by atoms with Crippen LogP contribution in [0.2, 0.25) is 0 Å². The Morgan fingerprint density at radius 2 is 2.00 bits per heavy atom. The first-order chi connectivity index (χ1) is 7.22. The number of carboxylic acids is 1. The topological polar surface area (TPSA) is 46.5 Å². The molecule has 0 heterocycles. The Labute approximate surface area is 97.0 Å². The Kier molecular flexibility index (Phi) is 3.47. The third kappa shape index (κ3) is 2.88. The molecule has 0 amide bonds. The maximum Gasteiger partial charge on any atom is 0.573 e. The molecular formula is C9H6BrF3O3. The maximum atomic E-state index is 12.0. The minimum atomic E-state index is -4.86. The monoisotopic (exact) mass is 298 g/mol. The summed E-state index contributed by atoms with van der Waals surface area (Å²) in [7, 11) is 0. The van der Waals surface area contributed by atoms with E-state index < -0.39 is 18.1 Å². The van der Waals surface area contributed by atoms with Gasteiger partial charge in [-0.2, -0.15) is 0 Å². The average Bonchev–Trinajstić information content (AvgIpc) is 2.10. The van der Waals surface area contributed by atoms with Gasteiger partial charge in [-0.25, -0.2) is 4.79 Å². The van der Waals surface area contributed by atoms with Gasteiger partial charge in [-0.3, -0.25) is 0 Å². The van der Waals surface area contributed by atoms with E-state index in [4.69, 9.17) is 5.11 Å². The van der Waals surface area contributed by atoms with Crippen molar-refractivity contribution in [3.63, 3.8) is 0 Å². The van der Waals surface area contributed by atoms with Gasteiger partial charge in [-0.15, -0.1) is 13.2 Å². The molecule has 7 heteroatoms. The van der Waals surface area contributed by atoms with Crippen molar-refractivity contribution in [1.29, 1.82) is 0 Å². The van der Waals surface area contributed by atoms with Crippen molar-refractivity contribution in [1.82, 2.24) is 0 Å². The summed E-state index contributed by atoms with van der Waals surface area (Å²) in [6.07, 6.45) is -4.86. The first-order valence-corrected chi connectivity index (χ1v) is 4.80. The number of carbonyl (C=O) groups is 1. The second kappa shape index (κ2) is 4.32. The summed E-state index contributed by atoms with van der Waals surface area (Å²) < 4.78 is 39.9. The van der Waals surface area contributed by atoms with E-state index in [1.807, 2.05) is 0 Å². The molecule has 0 bridgehead atoms. The number of benzene rings is 1. The molecule has 0 fully saturated rings. The Morgan fingerprint density at radius 1 is 1.44 bits per heavy atom. The molecule has 0 saturated carbocycles. The lowest BCUT2D eigenvalue weighted by Crippen LogP contribution is -2.19. The van der Waals surface area contributed by atoms with E-state index >= 15 is 0 Å². The van der Waals surface area contributed by atoms with Crippen molar-refractivity contribution in [3.8, 4) is 5.75 Å². The summed E-state index contributed by atoms with van der Waals surface area (Å²) in [5.74, 6) is -1.84. The van der Waals surface area contributed by atoms with Gasteiger partial charge in [-0.1, -0.05) is 0 Å². The van der Waals surface area contributed by atoms with Crippen molar-refractivity contribution < 1.29 is 27.8 Å². The fourth-order valence-corrected chi connectivity index (χ4v) is 1.64. The summed E-state index contributed by atoms with van der Waals surface area (Å²) in [6, 6.07) is 2.39. The molecule has 0 aliphatic heterocycles. The molecule has 88 valence electrons. The number of alkyl halides is 3. The minimum Gasteiger partial charge on any atom is -0.478 e. The van der Waals surface area contributed by atoms with Crippen LogP contribution in [-0.2, 0) is 0 Å². The van der Waals surface area contributed by atoms with Crippen molar-refractivity contribution in [2.75, 3.05) is 0 Å². The highest BCUT2D eigenvalue weighted by Gasteiger charge is 2.33. The van der Waals surface area contributed by atoms with E-state index in [0.29, 0.717) is 0 Å². The zero-order valence-electron chi connectivity index (χ0n) is 7.93. The molecule has 1 aromatic rings. The second-order valence-electron chi connectivity index (χ2n) is 2.90. The number of carboxylic acid groups (broad SMARTS) is 1. The van der Waals surface area contributed by atoms with E-state index in [9.17, 15) is 18.0 Å². The van der Waals surface area contributed by atoms with Crippen LogP contribution in [0, 0.1) is 6.92 Å². The predicted molar refractivity (Wildman–Crippen MR) is 52.5 cm³/mol. The van der Waals surface area contributed by atoms with Gasteiger partial charge in [0.2, 0.25) is 0 Å². The van der Waals surface area contributed by atoms with Crippen LogP contribution in [-0.4, -0.2) is 17.4 Å². The van der Waals surface area contributed by atoms with Gasteiger partial charge >= 0.3 is 12.3 Å². The lowest BCUT2D eigenvalue weighted by molar-refractivity contribution is -0.275. The maximum absolute atomic E-state index is 12.0. The van der Waals surface area contributed by atoms with E-state index in [0.717, 1.165) is 0 Å². The van der Waals surface area contributed by atoms with Crippen LogP contribution in [0.25, 0.3) is 0 Å². The molecule has 0 atom stereocenters. The molecule has 1 aromatic carbocycles. The summed E-state index contributed by atoms with van der Waals surface area (Å²) >= 11 is 2.87. The van der Waals surface area contributed by atoms with Gasteiger partial charge in [0.25, 0.3) is 0 Å². The summed E-state index contributed by atoms with van der Waals surface area (Å²) in [6.45, 7) is 1.25. The first-order valence-electron chi connectivity index (χ1n) is 4.00. The standard InChI is InChI=1S/C9H6BrF3O3/c1-4-5(8(14)15)2-3-6(10)7(4)16-9(11,12)13/h2-3H,1H3,(H,14,15). The zero-order valence-corrected chi connectivity index (χ0v) is 9.52. The lowest BCUT2D eigenvalue weighted by atomic mass is 10.1. The van der Waals surface area contributed by atoms with Crippen LogP contribution in [0.15, 0.2) is 16.6 Å². The smallest absolute Gasteiger partial charge is 0.478 e. The second-order valence-corrected chi connectivity index (χ2v) is 3.76. The van der Waals surface area contributed by atoms with Crippen LogP contribution < -0.4 is 4.74 Å². The molecule has 3 nitrogen and oxygen atoms in total. The highest BCUT2D eigenvalue weighted by atomic mass is 79.9. The number of aromatic carboxylic acids is 1. The van der Waals surface area contributed by atoms with Crippen LogP contribution >= 0.6 is 15.9 Å². The highest BCUT2D eigenvalue weighted by molar-refractivity contribution is 9.10. The average molecular weight is 299 g/mol. The van der Waals surface area contributed by atoms with Gasteiger partial charge in [0.1, 0.15) is 5.75 Å². The van der Waals surface area contributed by atoms with E-state index in [-0.39, 0.29) is 15.6 Å². The molecule has 1 rings (SSSR count). The molecule has 0 radical (unpaired) electrons. The molecule has 0 spiro atoms. The molecule has 0 aliphatic rings. The molecule has 0 aromatic heterocycles. The lowest BCUT2D eigenvalue weighted by Gasteiger charge is -2.14. The minimum absolute atomic E-state index is 0.0484. The van der Waals surface area contributed by atoms with Crippen molar-refractivity contribution >= 4 is 21.9 Å². The Hall–Kier alpha value is -1.24. The Bertz CT molecular complexity index is 429. The number of ether oxygens (including phenoxy) is 1. The fourth-order valence-electron chi connectivity index (χ4n) is 1.13. The predicted octanol–water partition coefficient (Wildman–Crippen LogP) is 3.35. The number of hydrogen-bond acceptors (Lipinski definition) is 2. The first kappa shape index (κ1) is 12.8. The van der Waals surface area contributed by atoms with Crippen LogP contribution in [0.5, 0.6) is 5.75 Å². The van der Waals surface area contributed by atoms with Gasteiger partial charge in [0.15, 0.2) is 0 Å². The molecule has 0 unspecified atom stereocenters. The number of halogens is 4. The number of hydrogen-bond donors (Lipinski definition) is 1. The fraction of sp³-hybridized carbons (Fsp3) is 0.222. The molecule has 0 saturated heterocycles. The summed E-state index contributed by atoms with van der Waals surface area (Å²) in [4.78, 5) is 10.7. The summed E-state index contributed by atoms with van der Waals surface area (Å²) in [5.41, 5.74) is -0.318. The van der Waals surface area contributed by atoms with E-state index in [2.05, 4.69) is 20.7 Å². The zero-order chi connectivity index (χ0) is 12.5. The molecule has 1 N–H and O–H groups in total. The van der Waals surface area contributed by atoms with Gasteiger partial charge in [-0.05, 0) is 35.0 Å². The van der Waals surface area contributed by atoms with Gasteiger partial charge in [0.05, 0.1) is 10.0 Å². The van der Waals surface area contributed by atoms with E-state index in [1.54, 1.807) is 0 Å². The third-order valence-electron chi connectivity index (χ3n) is 1.81. The van der Waals surface area contributed by atoms with Gasteiger partial charge < -0.3 is 9.84 Å². The summed E-state index contributed by atoms with van der Waals surface area (Å²) in [5, 5.41) is 8.73. The quantitative estimate of drug-likeness (QED) is 0.911. The van der Waals surface area contributed by atoms with Crippen LogP contribution in [0.3, 0.4) is 0 Å². The third-order valence-corrected chi connectivity index (χ3v) is 2.43. The molecular weight excluding hydrogens is 293 g/mol. The Balaban J connectivity index is 3.27. The van der Waals surface area contributed by atoms with E-state index in [1.165, 1.54) is 19.1 Å². The SMILES string of the molecule is Cc1c(C(=O)O)ccc(Br)c1OC(F)(F)F. The Morgan fingerprint density at radius 3 is 2.44 bits per heavy atom. The van der Waals surface area contributed by atoms with Crippen molar-refractivity contribution in [3.05, 3.63) is 27.7 Å². The molecule has 0 aliphatic carbocycles. The normalized spacial score (nSPS) is 11.3. The highest BCUT2D eigenvalue weighted by Crippen LogP contribution is 2.35. The van der Waals surface area contributed by atoms with Crippen LogP contribution in [0.1, 0.15) is 15.9 Å². The largest absolute Gasteiger partial charge is 0.573 e. The van der Waals surface area contributed by atoms with Gasteiger partial charge in [0, 0.05) is 5.56 Å². The molecule has 16 heavy (non-hydrogen) atoms. The van der Waals surface area contributed by atoms with Crippen molar-refractivity contribution in [2.45, 2.75) is 13.3 Å². The van der Waals surface area contributed by atoms with Crippen LogP contribution in [0.4, 0.5) is 13.2 Å².